The number of carbonyl (C=O) groups is 1. The van der Waals surface area contributed by atoms with Crippen LogP contribution in [0.5, 0.6) is 5.75 Å². The summed E-state index contributed by atoms with van der Waals surface area (Å²) in [5.74, 6) is 0.652. The molecule has 36 heavy (non-hydrogen) atoms. The standard InChI is InChI=1S/C30H20Cl2O4/c31-23-12-21-28(14-26(23)34)36-29-15-27(35)24(32)13-22(29)30(21)18-7-5-17(6-8-18)25(33)11-16-9-19-3-1-2-4-20(19)10-16/h1-8,12-16,34H,9-11H2. The summed E-state index contributed by atoms with van der Waals surface area (Å²) in [6.45, 7) is 0. The summed E-state index contributed by atoms with van der Waals surface area (Å²) in [6.07, 6.45) is 2.37. The predicted octanol–water partition coefficient (Wildman–Crippen LogP) is 7.57. The Bertz CT molecular complexity index is 1660. The first kappa shape index (κ1) is 22.8. The van der Waals surface area contributed by atoms with Gasteiger partial charge in [0.15, 0.2) is 5.78 Å². The molecule has 2 aliphatic carbocycles. The Labute approximate surface area is 217 Å². The lowest BCUT2D eigenvalue weighted by molar-refractivity contribution is 0.0963. The summed E-state index contributed by atoms with van der Waals surface area (Å²) in [5, 5.41) is 11.0. The lowest BCUT2D eigenvalue weighted by Gasteiger charge is -2.16. The third kappa shape index (κ3) is 3.97. The zero-order chi connectivity index (χ0) is 25.0. The number of fused-ring (bicyclic) bond motifs is 3. The van der Waals surface area contributed by atoms with Crippen LogP contribution in [-0.4, -0.2) is 10.9 Å². The number of ketones is 1. The van der Waals surface area contributed by atoms with E-state index in [1.165, 1.54) is 23.3 Å². The second-order valence-electron chi connectivity index (χ2n) is 9.30. The van der Waals surface area contributed by atoms with Crippen LogP contribution >= 0.6 is 23.2 Å². The van der Waals surface area contributed by atoms with E-state index < -0.39 is 0 Å². The number of carbonyl (C=O) groups excluding carboxylic acids is 1. The molecule has 0 spiro atoms. The minimum Gasteiger partial charge on any atom is -0.506 e. The molecule has 1 N–H and O–H groups in total. The van der Waals surface area contributed by atoms with E-state index in [9.17, 15) is 14.7 Å². The molecule has 0 aromatic heterocycles. The van der Waals surface area contributed by atoms with E-state index in [-0.39, 0.29) is 27.0 Å². The van der Waals surface area contributed by atoms with Crippen LogP contribution in [0.2, 0.25) is 10.0 Å². The van der Waals surface area contributed by atoms with Crippen molar-refractivity contribution in [2.75, 3.05) is 0 Å². The molecule has 0 bridgehead atoms. The van der Waals surface area contributed by atoms with Crippen LogP contribution in [0.25, 0.3) is 33.4 Å². The second-order valence-corrected chi connectivity index (χ2v) is 10.1. The second kappa shape index (κ2) is 8.81. The molecule has 0 amide bonds. The first-order valence-electron chi connectivity index (χ1n) is 11.7. The van der Waals surface area contributed by atoms with Gasteiger partial charge in [-0.2, -0.15) is 0 Å². The maximum atomic E-state index is 13.1. The topological polar surface area (TPSA) is 67.5 Å². The van der Waals surface area contributed by atoms with E-state index in [1.54, 1.807) is 12.1 Å². The largest absolute Gasteiger partial charge is 0.506 e. The van der Waals surface area contributed by atoms with Crippen molar-refractivity contribution in [2.45, 2.75) is 19.3 Å². The molecule has 0 saturated carbocycles. The molecule has 3 aliphatic rings. The minimum absolute atomic E-state index is 0.0764. The van der Waals surface area contributed by atoms with Crippen molar-refractivity contribution in [3.63, 3.8) is 0 Å². The highest BCUT2D eigenvalue weighted by Gasteiger charge is 2.24. The third-order valence-corrected chi connectivity index (χ3v) is 7.55. The highest BCUT2D eigenvalue weighted by molar-refractivity contribution is 6.33. The molecule has 178 valence electrons. The normalized spacial score (nSPS) is 13.4. The molecule has 0 radical (unpaired) electrons. The van der Waals surface area contributed by atoms with Gasteiger partial charge in [-0.3, -0.25) is 9.59 Å². The van der Waals surface area contributed by atoms with Crippen molar-refractivity contribution >= 4 is 40.0 Å². The van der Waals surface area contributed by atoms with Gasteiger partial charge in [-0.05, 0) is 47.6 Å². The third-order valence-electron chi connectivity index (χ3n) is 6.95. The summed E-state index contributed by atoms with van der Waals surface area (Å²) >= 11 is 12.4. The summed E-state index contributed by atoms with van der Waals surface area (Å²) in [5.41, 5.74) is 5.54. The van der Waals surface area contributed by atoms with Crippen LogP contribution in [-0.2, 0) is 12.8 Å². The first-order valence-corrected chi connectivity index (χ1v) is 12.4. The number of phenols is 1. The molecule has 4 nitrogen and oxygen atoms in total. The minimum atomic E-state index is -0.355. The van der Waals surface area contributed by atoms with E-state index in [4.69, 9.17) is 27.6 Å². The molecule has 6 heteroatoms. The average Bonchev–Trinajstić information content (AvgIpc) is 3.27. The van der Waals surface area contributed by atoms with E-state index in [1.807, 2.05) is 36.4 Å². The quantitative estimate of drug-likeness (QED) is 0.198. The van der Waals surface area contributed by atoms with Crippen molar-refractivity contribution < 1.29 is 14.3 Å². The van der Waals surface area contributed by atoms with Crippen LogP contribution in [0.1, 0.15) is 27.9 Å². The van der Waals surface area contributed by atoms with Gasteiger partial charge in [-0.25, -0.2) is 0 Å². The molecule has 0 saturated heterocycles. The summed E-state index contributed by atoms with van der Waals surface area (Å²) in [7, 11) is 0. The van der Waals surface area contributed by atoms with Gasteiger partial charge in [-0.15, -0.1) is 0 Å². The maximum Gasteiger partial charge on any atom is 0.200 e. The van der Waals surface area contributed by atoms with E-state index in [0.29, 0.717) is 40.2 Å². The van der Waals surface area contributed by atoms with Gasteiger partial charge >= 0.3 is 0 Å². The fourth-order valence-electron chi connectivity index (χ4n) is 5.21. The molecule has 0 unspecified atom stereocenters. The molecule has 0 fully saturated rings. The molecular weight excluding hydrogens is 495 g/mol. The van der Waals surface area contributed by atoms with E-state index >= 15 is 0 Å². The highest BCUT2D eigenvalue weighted by atomic mass is 35.5. The molecule has 1 aliphatic heterocycles. The number of benzene rings is 4. The van der Waals surface area contributed by atoms with Crippen molar-refractivity contribution in [1.29, 1.82) is 0 Å². The van der Waals surface area contributed by atoms with Crippen LogP contribution in [0, 0.1) is 5.92 Å². The summed E-state index contributed by atoms with van der Waals surface area (Å²) < 4.78 is 5.91. The van der Waals surface area contributed by atoms with Gasteiger partial charge in [0.25, 0.3) is 0 Å². The predicted molar refractivity (Wildman–Crippen MR) is 143 cm³/mol. The number of rotatable bonds is 4. The lowest BCUT2D eigenvalue weighted by Crippen LogP contribution is -2.09. The number of hydrogen-bond donors (Lipinski definition) is 1. The first-order chi connectivity index (χ1) is 17.4. The van der Waals surface area contributed by atoms with Crippen molar-refractivity contribution in [1.82, 2.24) is 0 Å². The summed E-state index contributed by atoms with van der Waals surface area (Å²) in [4.78, 5) is 25.2. The Morgan fingerprint density at radius 3 is 2.31 bits per heavy atom. The maximum absolute atomic E-state index is 13.1. The van der Waals surface area contributed by atoms with Crippen molar-refractivity contribution in [2.24, 2.45) is 5.92 Å². The van der Waals surface area contributed by atoms with E-state index in [2.05, 4.69) is 12.1 Å². The van der Waals surface area contributed by atoms with Gasteiger partial charge in [0.1, 0.15) is 17.1 Å². The smallest absolute Gasteiger partial charge is 0.200 e. The Kier molecular flexibility index (Phi) is 5.59. The monoisotopic (exact) mass is 514 g/mol. The van der Waals surface area contributed by atoms with Gasteiger partial charge in [0.2, 0.25) is 5.43 Å². The molecule has 6 rings (SSSR count). The van der Waals surface area contributed by atoms with Gasteiger partial charge in [0, 0.05) is 40.6 Å². The number of phenolic OH excluding ortho intramolecular Hbond substituents is 1. The molecule has 1 heterocycles. The van der Waals surface area contributed by atoms with Gasteiger partial charge in [0.05, 0.1) is 10.0 Å². The fourth-order valence-corrected chi connectivity index (χ4v) is 5.54. The van der Waals surface area contributed by atoms with Crippen LogP contribution in [0.3, 0.4) is 0 Å². The number of halogens is 2. The van der Waals surface area contributed by atoms with Crippen LogP contribution in [0.15, 0.2) is 82.0 Å². The molecule has 3 aromatic carbocycles. The summed E-state index contributed by atoms with van der Waals surface area (Å²) in [6, 6.07) is 21.8. The van der Waals surface area contributed by atoms with Gasteiger partial charge in [-0.1, -0.05) is 71.7 Å². The number of Topliss-reactive ketones (excluding diaryl/α,β-unsaturated/α-hetero) is 1. The van der Waals surface area contributed by atoms with Crippen molar-refractivity contribution in [3.8, 4) is 28.2 Å². The fraction of sp³-hybridized carbons (Fsp3) is 0.133. The van der Waals surface area contributed by atoms with Gasteiger partial charge < -0.3 is 9.52 Å². The zero-order valence-corrected chi connectivity index (χ0v) is 20.6. The average molecular weight is 515 g/mol. The zero-order valence-electron chi connectivity index (χ0n) is 19.1. The number of hydrogen-bond acceptors (Lipinski definition) is 4. The SMILES string of the molecule is O=C(CC1Cc2ccccc2C1)c1ccc(-c2c3cc(Cl)c(=O)cc-3oc3cc(O)c(Cl)cc23)cc1. The highest BCUT2D eigenvalue weighted by Crippen LogP contribution is 2.43. The van der Waals surface area contributed by atoms with E-state index in [0.717, 1.165) is 24.0 Å². The molecular formula is C30H20Cl2O4. The van der Waals surface area contributed by atoms with Crippen LogP contribution in [0.4, 0.5) is 0 Å². The molecule has 3 aromatic rings. The van der Waals surface area contributed by atoms with Crippen LogP contribution < -0.4 is 5.43 Å². The Balaban J connectivity index is 1.38. The number of aromatic hydroxyl groups is 1. The van der Waals surface area contributed by atoms with Crippen molar-refractivity contribution in [3.05, 3.63) is 110 Å². The Morgan fingerprint density at radius 1 is 0.917 bits per heavy atom. The Hall–Kier alpha value is -3.60. The molecule has 0 atom stereocenters. The lowest BCUT2D eigenvalue weighted by atomic mass is 9.91. The Morgan fingerprint density at radius 2 is 1.61 bits per heavy atom.